The van der Waals surface area contributed by atoms with Gasteiger partial charge >= 0.3 is 0 Å². The molecular weight excluding hydrogens is 404 g/mol. The van der Waals surface area contributed by atoms with E-state index in [0.29, 0.717) is 26.4 Å². The third kappa shape index (κ3) is 15.2. The molecule has 180 valence electrons. The van der Waals surface area contributed by atoms with Gasteiger partial charge in [0.05, 0.1) is 31.0 Å². The smallest absolute Gasteiger partial charge is 0.222 e. The summed E-state index contributed by atoms with van der Waals surface area (Å²) in [6, 6.07) is 0. The Hall–Kier alpha value is -0.700. The summed E-state index contributed by atoms with van der Waals surface area (Å²) in [6.07, 6.45) is 2.38. The number of carbonyl (C=O) groups excluding carboxylic acids is 1. The van der Waals surface area contributed by atoms with Crippen LogP contribution in [0.3, 0.4) is 0 Å². The minimum Gasteiger partial charge on any atom is -0.380 e. The van der Waals surface area contributed by atoms with Crippen molar-refractivity contribution in [2.75, 3.05) is 45.4 Å². The monoisotopic (exact) mass is 450 g/mol. The second-order valence-electron chi connectivity index (χ2n) is 11.3. The molecule has 30 heavy (non-hydrogen) atoms. The van der Waals surface area contributed by atoms with Crippen molar-refractivity contribution < 1.29 is 22.7 Å². The van der Waals surface area contributed by atoms with Crippen molar-refractivity contribution in [2.24, 2.45) is 10.8 Å². The van der Waals surface area contributed by atoms with E-state index in [2.05, 4.69) is 24.5 Å². The van der Waals surface area contributed by atoms with Crippen LogP contribution in [0.25, 0.3) is 0 Å². The Kier molecular flexibility index (Phi) is 11.0. The third-order valence-electron chi connectivity index (χ3n) is 4.89. The average molecular weight is 451 g/mol. The molecule has 1 amide bonds. The SMILES string of the molecule is CNC(C)(C)CCOC(C)(C)CC(=O)NCC(C)(C)COCC(C)(C)CS(C)(=O)=O. The highest BCUT2D eigenvalue weighted by atomic mass is 32.2. The van der Waals surface area contributed by atoms with Crippen LogP contribution >= 0.6 is 0 Å². The fourth-order valence-electron chi connectivity index (χ4n) is 2.95. The van der Waals surface area contributed by atoms with Gasteiger partial charge in [-0.2, -0.15) is 0 Å². The number of amides is 1. The number of rotatable bonds is 15. The molecule has 7 nitrogen and oxygen atoms in total. The lowest BCUT2D eigenvalue weighted by atomic mass is 9.93. The van der Waals surface area contributed by atoms with E-state index in [1.165, 1.54) is 6.26 Å². The van der Waals surface area contributed by atoms with Gasteiger partial charge in [0.1, 0.15) is 9.84 Å². The number of ether oxygens (including phenoxy) is 2. The molecule has 0 radical (unpaired) electrons. The standard InChI is InChI=1S/C22H46N2O5S/c1-19(2,15-28-16-20(3,4)17-30(10,26)27)14-24-18(25)13-22(7,8)29-12-11-21(5,6)23-9/h23H,11-17H2,1-10H3,(H,24,25). The Morgan fingerprint density at radius 3 is 1.97 bits per heavy atom. The number of sulfone groups is 1. The quantitative estimate of drug-likeness (QED) is 0.398. The minimum atomic E-state index is -3.06. The highest BCUT2D eigenvalue weighted by molar-refractivity contribution is 7.90. The summed E-state index contributed by atoms with van der Waals surface area (Å²) in [5.41, 5.74) is -1.25. The molecule has 8 heteroatoms. The summed E-state index contributed by atoms with van der Waals surface area (Å²) < 4.78 is 34.8. The van der Waals surface area contributed by atoms with E-state index in [4.69, 9.17) is 9.47 Å². The third-order valence-corrected chi connectivity index (χ3v) is 6.19. The van der Waals surface area contributed by atoms with E-state index in [1.54, 1.807) is 0 Å². The van der Waals surface area contributed by atoms with Crippen LogP contribution in [0, 0.1) is 10.8 Å². The number of hydrogen-bond donors (Lipinski definition) is 2. The normalized spacial score (nSPS) is 14.1. The van der Waals surface area contributed by atoms with E-state index in [9.17, 15) is 13.2 Å². The van der Waals surface area contributed by atoms with Crippen molar-refractivity contribution in [3.05, 3.63) is 0 Å². The fraction of sp³-hybridized carbons (Fsp3) is 0.955. The molecule has 0 aliphatic carbocycles. The highest BCUT2D eigenvalue weighted by Crippen LogP contribution is 2.22. The lowest BCUT2D eigenvalue weighted by molar-refractivity contribution is -0.128. The predicted octanol–water partition coefficient (Wildman–Crippen LogP) is 2.79. The molecule has 0 fully saturated rings. The summed E-state index contributed by atoms with van der Waals surface area (Å²) in [6.45, 7) is 17.7. The molecule has 0 heterocycles. The molecule has 0 aliphatic rings. The molecule has 0 aromatic rings. The maximum absolute atomic E-state index is 12.4. The van der Waals surface area contributed by atoms with Crippen LogP contribution in [0.1, 0.15) is 68.2 Å². The van der Waals surface area contributed by atoms with E-state index in [1.807, 2.05) is 48.6 Å². The van der Waals surface area contributed by atoms with Gasteiger partial charge in [-0.1, -0.05) is 27.7 Å². The van der Waals surface area contributed by atoms with Crippen molar-refractivity contribution >= 4 is 15.7 Å². The summed E-state index contributed by atoms with van der Waals surface area (Å²) in [5.74, 6) is 0.0240. The summed E-state index contributed by atoms with van der Waals surface area (Å²) in [7, 11) is -1.13. The summed E-state index contributed by atoms with van der Waals surface area (Å²) in [4.78, 5) is 12.4. The molecule has 0 aliphatic heterocycles. The van der Waals surface area contributed by atoms with Crippen LogP contribution in [0.4, 0.5) is 0 Å². The van der Waals surface area contributed by atoms with Crippen LogP contribution in [0.15, 0.2) is 0 Å². The molecule has 0 saturated carbocycles. The first-order valence-corrected chi connectivity index (χ1v) is 12.7. The first-order valence-electron chi connectivity index (χ1n) is 10.6. The number of hydrogen-bond acceptors (Lipinski definition) is 6. The molecule has 2 N–H and O–H groups in total. The topological polar surface area (TPSA) is 93.7 Å². The van der Waals surface area contributed by atoms with Crippen molar-refractivity contribution in [1.82, 2.24) is 10.6 Å². The summed E-state index contributed by atoms with van der Waals surface area (Å²) in [5, 5.41) is 6.22. The Labute approximate surface area is 185 Å². The van der Waals surface area contributed by atoms with Crippen LogP contribution in [-0.4, -0.2) is 70.9 Å². The van der Waals surface area contributed by atoms with Gasteiger partial charge in [-0.05, 0) is 41.2 Å². The maximum Gasteiger partial charge on any atom is 0.222 e. The van der Waals surface area contributed by atoms with E-state index in [0.717, 1.165) is 6.42 Å². The molecule has 0 aromatic heterocycles. The van der Waals surface area contributed by atoms with Gasteiger partial charge in [0.15, 0.2) is 0 Å². The Morgan fingerprint density at radius 2 is 1.47 bits per heavy atom. The number of carbonyl (C=O) groups is 1. The van der Waals surface area contributed by atoms with Crippen molar-refractivity contribution in [1.29, 1.82) is 0 Å². The van der Waals surface area contributed by atoms with Crippen molar-refractivity contribution in [3.8, 4) is 0 Å². The molecule has 0 atom stereocenters. The molecule has 0 bridgehead atoms. The maximum atomic E-state index is 12.4. The zero-order valence-electron chi connectivity index (χ0n) is 20.9. The molecular formula is C22H46N2O5S. The minimum absolute atomic E-state index is 0.00174. The van der Waals surface area contributed by atoms with Gasteiger partial charge in [0.2, 0.25) is 5.91 Å². The molecule has 0 saturated heterocycles. The Bertz CT molecular complexity index is 640. The van der Waals surface area contributed by atoms with Gasteiger partial charge in [0, 0.05) is 35.8 Å². The average Bonchev–Trinajstić information content (AvgIpc) is 2.49. The predicted molar refractivity (Wildman–Crippen MR) is 124 cm³/mol. The zero-order chi connectivity index (χ0) is 23.9. The van der Waals surface area contributed by atoms with Crippen LogP contribution in [0.5, 0.6) is 0 Å². The van der Waals surface area contributed by atoms with E-state index >= 15 is 0 Å². The largest absolute Gasteiger partial charge is 0.380 e. The van der Waals surface area contributed by atoms with E-state index in [-0.39, 0.29) is 29.0 Å². The Morgan fingerprint density at radius 1 is 0.933 bits per heavy atom. The lowest BCUT2D eigenvalue weighted by Crippen LogP contribution is -2.42. The van der Waals surface area contributed by atoms with Gasteiger partial charge < -0.3 is 20.1 Å². The van der Waals surface area contributed by atoms with Crippen molar-refractivity contribution in [2.45, 2.75) is 79.4 Å². The first-order chi connectivity index (χ1) is 13.3. The molecule has 0 unspecified atom stereocenters. The van der Waals surface area contributed by atoms with Gasteiger partial charge in [-0.3, -0.25) is 4.79 Å². The van der Waals surface area contributed by atoms with Gasteiger partial charge in [-0.25, -0.2) is 8.42 Å². The molecule has 0 aromatic carbocycles. The lowest BCUT2D eigenvalue weighted by Gasteiger charge is -2.30. The Balaban J connectivity index is 4.37. The van der Waals surface area contributed by atoms with Crippen LogP contribution in [0.2, 0.25) is 0 Å². The van der Waals surface area contributed by atoms with Gasteiger partial charge in [-0.15, -0.1) is 0 Å². The number of nitrogens with one attached hydrogen (secondary N) is 2. The summed E-state index contributed by atoms with van der Waals surface area (Å²) >= 11 is 0. The first kappa shape index (κ1) is 29.3. The second-order valence-corrected chi connectivity index (χ2v) is 13.5. The van der Waals surface area contributed by atoms with Crippen LogP contribution in [-0.2, 0) is 24.1 Å². The fourth-order valence-corrected chi connectivity index (χ4v) is 4.45. The van der Waals surface area contributed by atoms with Crippen LogP contribution < -0.4 is 10.6 Å². The zero-order valence-corrected chi connectivity index (χ0v) is 21.7. The molecule has 0 spiro atoms. The van der Waals surface area contributed by atoms with Gasteiger partial charge in [0.25, 0.3) is 0 Å². The highest BCUT2D eigenvalue weighted by Gasteiger charge is 2.28. The second kappa shape index (κ2) is 11.2. The molecule has 0 rings (SSSR count). The van der Waals surface area contributed by atoms with E-state index < -0.39 is 20.9 Å². The van der Waals surface area contributed by atoms with Crippen molar-refractivity contribution in [3.63, 3.8) is 0 Å².